The molecule has 0 saturated carbocycles. The summed E-state index contributed by atoms with van der Waals surface area (Å²) in [5, 5.41) is 1.93. The summed E-state index contributed by atoms with van der Waals surface area (Å²) in [7, 11) is 1.54. The van der Waals surface area contributed by atoms with Gasteiger partial charge in [-0.15, -0.1) is 6.42 Å². The van der Waals surface area contributed by atoms with Crippen LogP contribution in [0.15, 0.2) is 53.5 Å². The summed E-state index contributed by atoms with van der Waals surface area (Å²) in [6.07, 6.45) is 5.57. The van der Waals surface area contributed by atoms with E-state index in [4.69, 9.17) is 20.6 Å². The van der Waals surface area contributed by atoms with Crippen molar-refractivity contribution in [2.24, 2.45) is 4.99 Å². The van der Waals surface area contributed by atoms with Crippen LogP contribution < -0.4 is 19.0 Å². The van der Waals surface area contributed by atoms with Crippen LogP contribution in [0.25, 0.3) is 21.0 Å². The number of carbonyl (C=O) groups is 1. The number of hydrogen-bond acceptors (Lipinski definition) is 5. The number of amides is 1. The smallest absolute Gasteiger partial charge is 0.283 e. The first-order valence-corrected chi connectivity index (χ1v) is 10.0. The first kappa shape index (κ1) is 18.3. The number of methoxy groups -OCH3 is 1. The summed E-state index contributed by atoms with van der Waals surface area (Å²) < 4.78 is 19.1. The van der Waals surface area contributed by atoms with Gasteiger partial charge >= 0.3 is 0 Å². The number of thiazole rings is 1. The molecule has 3 aromatic carbocycles. The number of terminal acetylenes is 1. The quantitative estimate of drug-likeness (QED) is 0.474. The zero-order valence-electron chi connectivity index (χ0n) is 16.0. The fourth-order valence-electron chi connectivity index (χ4n) is 3.49. The number of aromatic nitrogens is 1. The molecule has 0 N–H and O–H groups in total. The second kappa shape index (κ2) is 7.25. The van der Waals surface area contributed by atoms with Crippen LogP contribution in [0, 0.1) is 12.3 Å². The van der Waals surface area contributed by atoms with E-state index in [1.54, 1.807) is 13.2 Å². The van der Waals surface area contributed by atoms with Gasteiger partial charge in [0.25, 0.3) is 5.91 Å². The lowest BCUT2D eigenvalue weighted by Gasteiger charge is -2.07. The van der Waals surface area contributed by atoms with E-state index in [0.717, 1.165) is 21.0 Å². The molecule has 6 nitrogen and oxygen atoms in total. The van der Waals surface area contributed by atoms with Gasteiger partial charge in [0.1, 0.15) is 5.75 Å². The van der Waals surface area contributed by atoms with Crippen LogP contribution in [0.3, 0.4) is 0 Å². The number of hydrogen-bond donors (Lipinski definition) is 0. The largest absolute Gasteiger partial charge is 0.496 e. The summed E-state index contributed by atoms with van der Waals surface area (Å²) in [5.74, 6) is 4.04. The average molecular weight is 416 g/mol. The Morgan fingerprint density at radius 1 is 1.20 bits per heavy atom. The first-order chi connectivity index (χ1) is 14.7. The van der Waals surface area contributed by atoms with E-state index in [0.29, 0.717) is 27.6 Å². The maximum Gasteiger partial charge on any atom is 0.283 e. The minimum absolute atomic E-state index is 0.194. The van der Waals surface area contributed by atoms with Gasteiger partial charge in [0, 0.05) is 12.1 Å². The highest BCUT2D eigenvalue weighted by Gasteiger charge is 2.19. The molecule has 1 aliphatic rings. The van der Waals surface area contributed by atoms with Gasteiger partial charge < -0.3 is 18.8 Å². The zero-order valence-corrected chi connectivity index (χ0v) is 16.9. The van der Waals surface area contributed by atoms with Crippen LogP contribution in [0.5, 0.6) is 17.2 Å². The maximum absolute atomic E-state index is 13.1. The molecule has 0 spiro atoms. The van der Waals surface area contributed by atoms with Crippen LogP contribution in [-0.4, -0.2) is 24.4 Å². The predicted octanol–water partition coefficient (Wildman–Crippen LogP) is 3.97. The van der Waals surface area contributed by atoms with Crippen molar-refractivity contribution in [1.29, 1.82) is 0 Å². The topological polar surface area (TPSA) is 62.1 Å². The Kier molecular flexibility index (Phi) is 4.42. The second-order valence-corrected chi connectivity index (χ2v) is 7.67. The van der Waals surface area contributed by atoms with E-state index in [2.05, 4.69) is 10.9 Å². The highest BCUT2D eigenvalue weighted by molar-refractivity contribution is 7.16. The Morgan fingerprint density at radius 3 is 2.67 bits per heavy atom. The molecule has 1 aromatic heterocycles. The van der Waals surface area contributed by atoms with E-state index in [-0.39, 0.29) is 13.3 Å². The summed E-state index contributed by atoms with van der Waals surface area (Å²) in [4.78, 5) is 18.0. The molecule has 1 aliphatic heterocycles. The molecule has 148 valence electrons. The Labute approximate surface area is 176 Å². The Morgan fingerprint density at radius 2 is 1.93 bits per heavy atom. The fraction of sp³-hybridized carbons (Fsp3) is 0.130. The lowest BCUT2D eigenvalue weighted by Crippen LogP contribution is -2.16. The molecule has 0 atom stereocenters. The molecular formula is C23H16N2O4S. The second-order valence-electron chi connectivity index (χ2n) is 6.66. The molecule has 5 rings (SSSR count). The van der Waals surface area contributed by atoms with Crippen molar-refractivity contribution >= 4 is 38.2 Å². The molecule has 1 amide bonds. The molecule has 0 saturated heterocycles. The zero-order chi connectivity index (χ0) is 20.7. The molecule has 0 fully saturated rings. The number of benzene rings is 3. The monoisotopic (exact) mass is 416 g/mol. The third kappa shape index (κ3) is 2.98. The number of nitrogens with zero attached hydrogens (tertiary/aromatic N) is 2. The Hall–Kier alpha value is -3.76. The highest BCUT2D eigenvalue weighted by atomic mass is 32.1. The Balaban J connectivity index is 1.67. The molecule has 0 radical (unpaired) electrons. The van der Waals surface area contributed by atoms with Crippen LogP contribution in [0.2, 0.25) is 0 Å². The van der Waals surface area contributed by atoms with Crippen LogP contribution in [0.4, 0.5) is 0 Å². The SMILES string of the molecule is C#CCn1c(=NC(=O)c2cc3ccccc3cc2OC)sc2cc3c(cc21)OCO3. The molecule has 7 heteroatoms. The van der Waals surface area contributed by atoms with Crippen LogP contribution in [0.1, 0.15) is 10.4 Å². The standard InChI is InChI=1S/C23H16N2O4S/c1-3-8-25-17-11-19-20(29-13-28-19)12-21(17)30-23(25)24-22(26)16-9-14-6-4-5-7-15(14)10-18(16)27-2/h1,4-7,9-12H,8,13H2,2H3. The number of ether oxygens (including phenoxy) is 3. The van der Waals surface area contributed by atoms with Gasteiger partial charge in [0.15, 0.2) is 16.3 Å². The minimum atomic E-state index is -0.394. The van der Waals surface area contributed by atoms with Crippen LogP contribution in [-0.2, 0) is 6.54 Å². The van der Waals surface area contributed by atoms with Gasteiger partial charge in [0.2, 0.25) is 6.79 Å². The van der Waals surface area contributed by atoms with E-state index < -0.39 is 5.91 Å². The van der Waals surface area contributed by atoms with Gasteiger partial charge in [-0.3, -0.25) is 4.79 Å². The lowest BCUT2D eigenvalue weighted by molar-refractivity contribution is 0.0995. The summed E-state index contributed by atoms with van der Waals surface area (Å²) in [5.41, 5.74) is 1.24. The number of fused-ring (bicyclic) bond motifs is 3. The third-order valence-electron chi connectivity index (χ3n) is 4.92. The average Bonchev–Trinajstić information content (AvgIpc) is 3.35. The fourth-order valence-corrected chi connectivity index (χ4v) is 4.53. The van der Waals surface area contributed by atoms with E-state index in [9.17, 15) is 4.79 Å². The van der Waals surface area contributed by atoms with E-state index in [1.807, 2.05) is 47.0 Å². The normalized spacial score (nSPS) is 13.0. The van der Waals surface area contributed by atoms with Crippen molar-refractivity contribution in [3.63, 3.8) is 0 Å². The van der Waals surface area contributed by atoms with Crippen molar-refractivity contribution < 1.29 is 19.0 Å². The molecule has 0 bridgehead atoms. The molecular weight excluding hydrogens is 400 g/mol. The maximum atomic E-state index is 13.1. The van der Waals surface area contributed by atoms with Crippen molar-refractivity contribution in [2.75, 3.05) is 13.9 Å². The summed E-state index contributed by atoms with van der Waals surface area (Å²) in [6, 6.07) is 15.2. The van der Waals surface area contributed by atoms with Gasteiger partial charge in [-0.25, -0.2) is 0 Å². The van der Waals surface area contributed by atoms with Crippen molar-refractivity contribution in [2.45, 2.75) is 6.54 Å². The van der Waals surface area contributed by atoms with Gasteiger partial charge in [-0.1, -0.05) is 41.5 Å². The van der Waals surface area contributed by atoms with Gasteiger partial charge in [-0.05, 0) is 22.9 Å². The van der Waals surface area contributed by atoms with Crippen molar-refractivity contribution in [3.8, 4) is 29.6 Å². The van der Waals surface area contributed by atoms with E-state index in [1.165, 1.54) is 11.3 Å². The minimum Gasteiger partial charge on any atom is -0.496 e. The third-order valence-corrected chi connectivity index (χ3v) is 5.96. The van der Waals surface area contributed by atoms with E-state index >= 15 is 0 Å². The molecule has 0 unspecified atom stereocenters. The van der Waals surface area contributed by atoms with Crippen molar-refractivity contribution in [1.82, 2.24) is 4.57 Å². The molecule has 4 aromatic rings. The summed E-state index contributed by atoms with van der Waals surface area (Å²) in [6.45, 7) is 0.472. The lowest BCUT2D eigenvalue weighted by atomic mass is 10.1. The summed E-state index contributed by atoms with van der Waals surface area (Å²) >= 11 is 1.37. The predicted molar refractivity (Wildman–Crippen MR) is 115 cm³/mol. The molecule has 30 heavy (non-hydrogen) atoms. The Bertz CT molecular complexity index is 1430. The van der Waals surface area contributed by atoms with Gasteiger partial charge in [0.05, 0.1) is 29.4 Å². The molecule has 2 heterocycles. The van der Waals surface area contributed by atoms with Crippen molar-refractivity contribution in [3.05, 3.63) is 58.9 Å². The van der Waals surface area contributed by atoms with Crippen LogP contribution >= 0.6 is 11.3 Å². The highest BCUT2D eigenvalue weighted by Crippen LogP contribution is 2.37. The molecule has 0 aliphatic carbocycles. The first-order valence-electron chi connectivity index (χ1n) is 9.20. The number of carbonyl (C=O) groups excluding carboxylic acids is 1. The van der Waals surface area contributed by atoms with Gasteiger partial charge in [-0.2, -0.15) is 4.99 Å². The number of rotatable bonds is 3.